The van der Waals surface area contributed by atoms with Crippen LogP contribution in [0.5, 0.6) is 0 Å². The van der Waals surface area contributed by atoms with E-state index in [0.717, 1.165) is 12.8 Å². The first-order valence-corrected chi connectivity index (χ1v) is 10.6. The number of carbonyl (C=O) groups is 3. The second-order valence-corrected chi connectivity index (χ2v) is 8.38. The molecular weight excluding hydrogens is 386 g/mol. The van der Waals surface area contributed by atoms with E-state index in [1.165, 1.54) is 21.8 Å². The fourth-order valence-corrected chi connectivity index (χ4v) is 5.00. The summed E-state index contributed by atoms with van der Waals surface area (Å²) in [6, 6.07) is 2.04. The predicted molar refractivity (Wildman–Crippen MR) is 102 cm³/mol. The van der Waals surface area contributed by atoms with Crippen molar-refractivity contribution in [1.29, 1.82) is 0 Å². The third-order valence-electron chi connectivity index (χ3n) is 4.69. The van der Waals surface area contributed by atoms with Gasteiger partial charge in [0, 0.05) is 36.3 Å². The summed E-state index contributed by atoms with van der Waals surface area (Å²) < 4.78 is 5.14. The highest BCUT2D eigenvalue weighted by Gasteiger charge is 2.25. The molecule has 1 fully saturated rings. The quantitative estimate of drug-likeness (QED) is 0.711. The maximum atomic E-state index is 12.3. The molecule has 0 saturated carbocycles. The Morgan fingerprint density at radius 1 is 1.22 bits per heavy atom. The molecule has 0 unspecified atom stereocenters. The lowest BCUT2D eigenvalue weighted by atomic mass is 10.1. The Hall–Kier alpha value is -2.26. The first kappa shape index (κ1) is 18.1. The van der Waals surface area contributed by atoms with Crippen LogP contribution in [0.15, 0.2) is 16.8 Å². The zero-order chi connectivity index (χ0) is 18.8. The zero-order valence-corrected chi connectivity index (χ0v) is 16.3. The van der Waals surface area contributed by atoms with Crippen LogP contribution in [0, 0.1) is 0 Å². The van der Waals surface area contributed by atoms with Gasteiger partial charge in [-0.15, -0.1) is 22.7 Å². The van der Waals surface area contributed by atoms with Gasteiger partial charge in [-0.05, 0) is 29.9 Å². The van der Waals surface area contributed by atoms with Crippen molar-refractivity contribution in [3.63, 3.8) is 0 Å². The molecule has 9 heteroatoms. The smallest absolute Gasteiger partial charge is 0.312 e. The van der Waals surface area contributed by atoms with Crippen LogP contribution in [0.25, 0.3) is 0 Å². The molecule has 2 aliphatic rings. The first-order valence-electron chi connectivity index (χ1n) is 8.83. The van der Waals surface area contributed by atoms with Crippen molar-refractivity contribution in [3.8, 4) is 0 Å². The second kappa shape index (κ2) is 7.77. The molecule has 2 aromatic heterocycles. The summed E-state index contributed by atoms with van der Waals surface area (Å²) in [5.41, 5.74) is 1.74. The van der Waals surface area contributed by atoms with E-state index in [0.29, 0.717) is 36.9 Å². The van der Waals surface area contributed by atoms with E-state index in [4.69, 9.17) is 4.74 Å². The molecule has 0 spiro atoms. The van der Waals surface area contributed by atoms with Gasteiger partial charge in [-0.2, -0.15) is 0 Å². The molecule has 0 aromatic carbocycles. The number of amides is 2. The van der Waals surface area contributed by atoms with Crippen molar-refractivity contribution in [2.75, 3.05) is 24.6 Å². The lowest BCUT2D eigenvalue weighted by Gasteiger charge is -2.26. The minimum atomic E-state index is -0.485. The molecule has 0 atom stereocenters. The van der Waals surface area contributed by atoms with Gasteiger partial charge in [0.2, 0.25) is 5.91 Å². The number of fused-ring (bicyclic) bond motifs is 1. The van der Waals surface area contributed by atoms with E-state index in [2.05, 4.69) is 4.98 Å². The number of hydrogen-bond acceptors (Lipinski definition) is 7. The van der Waals surface area contributed by atoms with E-state index in [1.807, 2.05) is 11.4 Å². The van der Waals surface area contributed by atoms with Crippen LogP contribution in [0.4, 0.5) is 5.13 Å². The minimum absolute atomic E-state index is 0.000485. The molecule has 2 amide bonds. The van der Waals surface area contributed by atoms with Gasteiger partial charge in [0.25, 0.3) is 5.91 Å². The van der Waals surface area contributed by atoms with Gasteiger partial charge in [-0.25, -0.2) is 4.98 Å². The van der Waals surface area contributed by atoms with Crippen LogP contribution in [-0.2, 0) is 38.5 Å². The number of thiophene rings is 1. The molecule has 1 saturated heterocycles. The van der Waals surface area contributed by atoms with E-state index in [-0.39, 0.29) is 24.8 Å². The molecule has 27 heavy (non-hydrogen) atoms. The van der Waals surface area contributed by atoms with Crippen molar-refractivity contribution in [2.24, 2.45) is 0 Å². The second-order valence-electron chi connectivity index (χ2n) is 6.54. The number of carbonyl (C=O) groups excluding carboxylic acids is 3. The van der Waals surface area contributed by atoms with E-state index < -0.39 is 5.97 Å². The number of anilines is 1. The molecule has 0 N–H and O–H groups in total. The minimum Gasteiger partial charge on any atom is -0.455 e. The maximum Gasteiger partial charge on any atom is 0.312 e. The summed E-state index contributed by atoms with van der Waals surface area (Å²) in [7, 11) is 0. The Labute approximate surface area is 164 Å². The van der Waals surface area contributed by atoms with Crippen LogP contribution in [0.2, 0.25) is 0 Å². The summed E-state index contributed by atoms with van der Waals surface area (Å²) in [5, 5.41) is 4.42. The van der Waals surface area contributed by atoms with Gasteiger partial charge in [0.05, 0.1) is 12.1 Å². The van der Waals surface area contributed by atoms with Gasteiger partial charge in [0.1, 0.15) is 0 Å². The summed E-state index contributed by atoms with van der Waals surface area (Å²) >= 11 is 3.06. The Kier molecular flexibility index (Phi) is 5.22. The predicted octanol–water partition coefficient (Wildman–Crippen LogP) is 2.00. The van der Waals surface area contributed by atoms with Gasteiger partial charge in [-0.3, -0.25) is 19.3 Å². The Morgan fingerprint density at radius 2 is 2.11 bits per heavy atom. The normalized spacial score (nSPS) is 16.5. The van der Waals surface area contributed by atoms with E-state index in [1.54, 1.807) is 26.5 Å². The number of nitrogens with zero attached hydrogens (tertiary/aromatic N) is 3. The average Bonchev–Trinajstić information content (AvgIpc) is 3.39. The Bertz CT molecular complexity index is 876. The van der Waals surface area contributed by atoms with Gasteiger partial charge < -0.3 is 9.64 Å². The summed E-state index contributed by atoms with van der Waals surface area (Å²) in [4.78, 5) is 45.1. The fraction of sp³-hybridized carbons (Fsp3) is 0.444. The molecule has 0 aliphatic carbocycles. The lowest BCUT2D eigenvalue weighted by Crippen LogP contribution is -2.38. The van der Waals surface area contributed by atoms with Crippen LogP contribution in [-0.4, -0.2) is 47.4 Å². The third-order valence-corrected chi connectivity index (χ3v) is 6.62. The van der Waals surface area contributed by atoms with Crippen LogP contribution in [0.3, 0.4) is 0 Å². The van der Waals surface area contributed by atoms with Gasteiger partial charge >= 0.3 is 5.97 Å². The van der Waals surface area contributed by atoms with E-state index in [9.17, 15) is 14.4 Å². The molecule has 0 bridgehead atoms. The number of aromatic nitrogens is 1. The van der Waals surface area contributed by atoms with Crippen molar-refractivity contribution in [1.82, 2.24) is 9.88 Å². The largest absolute Gasteiger partial charge is 0.455 e. The lowest BCUT2D eigenvalue weighted by molar-refractivity contribution is -0.151. The number of rotatable bonds is 5. The summed E-state index contributed by atoms with van der Waals surface area (Å²) in [6.07, 6.45) is 2.23. The summed E-state index contributed by atoms with van der Waals surface area (Å²) in [6.45, 7) is 1.66. The van der Waals surface area contributed by atoms with Crippen molar-refractivity contribution in [3.05, 3.63) is 33.0 Å². The molecule has 4 rings (SSSR count). The van der Waals surface area contributed by atoms with E-state index >= 15 is 0 Å². The molecular formula is C18H19N3O4S2. The Morgan fingerprint density at radius 3 is 2.93 bits per heavy atom. The van der Waals surface area contributed by atoms with Gasteiger partial charge in [-0.1, -0.05) is 0 Å². The monoisotopic (exact) mass is 405 g/mol. The molecule has 4 heterocycles. The van der Waals surface area contributed by atoms with Crippen molar-refractivity contribution < 1.29 is 19.1 Å². The molecule has 7 nitrogen and oxygen atoms in total. The third kappa shape index (κ3) is 4.03. The highest BCUT2D eigenvalue weighted by Crippen LogP contribution is 2.26. The summed E-state index contributed by atoms with van der Waals surface area (Å²) in [5.74, 6) is -0.595. The first-order chi connectivity index (χ1) is 13.1. The number of hydrogen-bond donors (Lipinski definition) is 0. The Balaban J connectivity index is 1.26. The van der Waals surface area contributed by atoms with Crippen molar-refractivity contribution >= 4 is 45.6 Å². The standard InChI is InChI=1S/C18H19N3O4S2/c22-15-2-1-5-21(15)18-19-13(11-27-18)8-17(24)25-10-16(23)20-6-3-14-12(9-20)4-7-26-14/h4,7,11H,1-3,5-6,8-10H2. The molecule has 0 radical (unpaired) electrons. The fourth-order valence-electron chi connectivity index (χ4n) is 3.25. The van der Waals surface area contributed by atoms with Crippen molar-refractivity contribution in [2.45, 2.75) is 32.2 Å². The number of esters is 1. The molecule has 2 aliphatic heterocycles. The highest BCUT2D eigenvalue weighted by atomic mass is 32.1. The topological polar surface area (TPSA) is 79.8 Å². The van der Waals surface area contributed by atoms with Gasteiger partial charge in [0.15, 0.2) is 11.7 Å². The number of ether oxygens (including phenoxy) is 1. The highest BCUT2D eigenvalue weighted by molar-refractivity contribution is 7.14. The SMILES string of the molecule is O=C(Cc1csc(N2CCCC2=O)n1)OCC(=O)N1CCc2sccc2C1. The maximum absolute atomic E-state index is 12.3. The zero-order valence-electron chi connectivity index (χ0n) is 14.7. The molecule has 142 valence electrons. The van der Waals surface area contributed by atoms with Crippen LogP contribution >= 0.6 is 22.7 Å². The molecule has 2 aromatic rings. The average molecular weight is 406 g/mol. The van der Waals surface area contributed by atoms with Crippen LogP contribution in [0.1, 0.15) is 29.0 Å². The number of thiazole rings is 1. The van der Waals surface area contributed by atoms with Crippen LogP contribution < -0.4 is 4.90 Å².